The number of hydrogen-bond acceptors (Lipinski definition) is 10. The maximum absolute atomic E-state index is 14.1. The second-order valence-corrected chi connectivity index (χ2v) is 16.1. The van der Waals surface area contributed by atoms with Gasteiger partial charge in [0.25, 0.3) is 0 Å². The van der Waals surface area contributed by atoms with Gasteiger partial charge in [0.15, 0.2) is 0 Å². The largest absolute Gasteiger partial charge is 0.411 e. The molecule has 2 aliphatic rings. The molecule has 2 aliphatic heterocycles. The normalized spacial score (nSPS) is 18.8. The maximum Gasteiger partial charge on any atom is 0.321 e. The van der Waals surface area contributed by atoms with Crippen molar-refractivity contribution in [3.63, 3.8) is 0 Å². The van der Waals surface area contributed by atoms with E-state index in [0.29, 0.717) is 38.2 Å². The first-order chi connectivity index (χ1) is 24.0. The number of thiazole rings is 1. The molecule has 3 amide bonds. The first kappa shape index (κ1) is 37.4. The van der Waals surface area contributed by atoms with Gasteiger partial charge in [0.2, 0.25) is 15.9 Å². The number of rotatable bonds is 16. The van der Waals surface area contributed by atoms with E-state index < -0.39 is 34.1 Å². The van der Waals surface area contributed by atoms with Crippen LogP contribution in [-0.4, -0.2) is 113 Å². The van der Waals surface area contributed by atoms with Crippen LogP contribution in [-0.2, 0) is 32.5 Å². The molecule has 2 saturated heterocycles. The van der Waals surface area contributed by atoms with Crippen molar-refractivity contribution in [1.29, 1.82) is 0 Å². The first-order valence-corrected chi connectivity index (χ1v) is 19.2. The summed E-state index contributed by atoms with van der Waals surface area (Å²) < 4.78 is 35.1. The Balaban J connectivity index is 1.38. The Labute approximate surface area is 297 Å². The number of urea groups is 1. The second kappa shape index (κ2) is 16.9. The zero-order valence-electron chi connectivity index (χ0n) is 28.6. The van der Waals surface area contributed by atoms with Crippen molar-refractivity contribution >= 4 is 39.5 Å². The van der Waals surface area contributed by atoms with Crippen LogP contribution in [0.15, 0.2) is 70.0 Å². The summed E-state index contributed by atoms with van der Waals surface area (Å²) in [5, 5.41) is 29.6. The van der Waals surface area contributed by atoms with E-state index in [1.54, 1.807) is 9.80 Å². The number of ether oxygens (including phenoxy) is 1. The third-order valence-electron chi connectivity index (χ3n) is 9.02. The molecule has 3 heterocycles. The van der Waals surface area contributed by atoms with Crippen molar-refractivity contribution in [1.82, 2.24) is 24.4 Å². The molecule has 3 N–H and O–H groups in total. The van der Waals surface area contributed by atoms with Gasteiger partial charge in [-0.05, 0) is 55.4 Å². The van der Waals surface area contributed by atoms with Gasteiger partial charge in [0, 0.05) is 38.2 Å². The number of aryl methyl sites for hydroxylation is 1. The Morgan fingerprint density at radius 2 is 1.92 bits per heavy atom. The summed E-state index contributed by atoms with van der Waals surface area (Å²) in [6, 6.07) is 13.3. The number of hydrogen-bond donors (Lipinski definition) is 3. The summed E-state index contributed by atoms with van der Waals surface area (Å²) in [6.45, 7) is 7.07. The Morgan fingerprint density at radius 3 is 2.54 bits per heavy atom. The summed E-state index contributed by atoms with van der Waals surface area (Å²) in [6.07, 6.45) is 1.24. The number of benzene rings is 2. The molecular weight excluding hydrogens is 681 g/mol. The number of sulfonamides is 1. The van der Waals surface area contributed by atoms with E-state index >= 15 is 0 Å². The number of oxime groups is 1. The average molecular weight is 727 g/mol. The lowest BCUT2D eigenvalue weighted by molar-refractivity contribution is -0.128. The van der Waals surface area contributed by atoms with Crippen LogP contribution in [0.5, 0.6) is 0 Å². The highest BCUT2D eigenvalue weighted by Crippen LogP contribution is 2.24. The number of carbonyl (C=O) groups is 2. The first-order valence-electron chi connectivity index (χ1n) is 16.8. The predicted octanol–water partition coefficient (Wildman–Crippen LogP) is 3.48. The molecule has 0 spiro atoms. The summed E-state index contributed by atoms with van der Waals surface area (Å²) in [7, 11) is -4.12. The third kappa shape index (κ3) is 9.26. The van der Waals surface area contributed by atoms with Gasteiger partial charge in [0.05, 0.1) is 46.6 Å². The average Bonchev–Trinajstić information content (AvgIpc) is 3.84. The van der Waals surface area contributed by atoms with E-state index in [4.69, 9.17) is 9.94 Å². The lowest BCUT2D eigenvalue weighted by Gasteiger charge is -2.34. The molecule has 50 heavy (non-hydrogen) atoms. The summed E-state index contributed by atoms with van der Waals surface area (Å²) in [5.41, 5.74) is 2.16. The summed E-state index contributed by atoms with van der Waals surface area (Å²) in [5.74, 6) is -0.667. The second-order valence-electron chi connectivity index (χ2n) is 13.1. The van der Waals surface area contributed by atoms with E-state index in [1.807, 2.05) is 56.5 Å². The molecule has 0 aliphatic carbocycles. The number of amides is 3. The van der Waals surface area contributed by atoms with Crippen molar-refractivity contribution < 1.29 is 33.1 Å². The van der Waals surface area contributed by atoms with Crippen molar-refractivity contribution in [2.24, 2.45) is 11.1 Å². The van der Waals surface area contributed by atoms with Crippen LogP contribution in [0, 0.1) is 12.8 Å². The van der Waals surface area contributed by atoms with Crippen LogP contribution in [0.25, 0.3) is 0 Å². The van der Waals surface area contributed by atoms with Gasteiger partial charge >= 0.3 is 6.03 Å². The number of nitrogens with zero attached hydrogens (tertiary/aromatic N) is 5. The van der Waals surface area contributed by atoms with E-state index in [1.165, 1.54) is 46.1 Å². The molecule has 5 rings (SSSR count). The monoisotopic (exact) mass is 726 g/mol. The smallest absolute Gasteiger partial charge is 0.321 e. The minimum atomic E-state index is -4.12. The molecule has 0 bridgehead atoms. The highest BCUT2D eigenvalue weighted by molar-refractivity contribution is 7.89. The molecule has 0 saturated carbocycles. The van der Waals surface area contributed by atoms with E-state index in [9.17, 15) is 23.1 Å². The van der Waals surface area contributed by atoms with Crippen molar-refractivity contribution in [3.8, 4) is 0 Å². The van der Waals surface area contributed by atoms with E-state index in [0.717, 1.165) is 22.7 Å². The number of nitrogens with one attached hydrogen (secondary N) is 1. The fourth-order valence-corrected chi connectivity index (χ4v) is 8.56. The van der Waals surface area contributed by atoms with Crippen LogP contribution >= 0.6 is 11.3 Å². The van der Waals surface area contributed by atoms with Crippen LogP contribution in [0.4, 0.5) is 4.79 Å². The molecule has 270 valence electrons. The van der Waals surface area contributed by atoms with Crippen LogP contribution in [0.1, 0.15) is 48.5 Å². The molecule has 2 fully saturated rings. The minimum Gasteiger partial charge on any atom is -0.411 e. The van der Waals surface area contributed by atoms with Gasteiger partial charge in [-0.25, -0.2) is 18.2 Å². The summed E-state index contributed by atoms with van der Waals surface area (Å²) >= 11 is 1.52. The third-order valence-corrected chi connectivity index (χ3v) is 11.7. The zero-order valence-corrected chi connectivity index (χ0v) is 30.2. The van der Waals surface area contributed by atoms with Gasteiger partial charge in [0.1, 0.15) is 6.04 Å². The molecule has 1 unspecified atom stereocenters. The predicted molar refractivity (Wildman–Crippen MR) is 190 cm³/mol. The molecule has 3 aromatic rings. The Morgan fingerprint density at radius 1 is 1.18 bits per heavy atom. The fourth-order valence-electron chi connectivity index (χ4n) is 6.47. The fraction of sp³-hybridized carbons (Fsp3) is 0.486. The summed E-state index contributed by atoms with van der Waals surface area (Å²) in [4.78, 5) is 35.5. The number of aliphatic hydroxyl groups is 1. The lowest BCUT2D eigenvalue weighted by Crippen LogP contribution is -2.57. The minimum absolute atomic E-state index is 0.00576. The Bertz CT molecular complexity index is 1710. The Kier molecular flexibility index (Phi) is 12.6. The van der Waals surface area contributed by atoms with Gasteiger partial charge in [-0.2, -0.15) is 4.31 Å². The van der Waals surface area contributed by atoms with Crippen molar-refractivity contribution in [3.05, 3.63) is 81.8 Å². The highest BCUT2D eigenvalue weighted by atomic mass is 32.2. The molecule has 0 radical (unpaired) electrons. The molecule has 2 aromatic carbocycles. The number of aromatic nitrogens is 1. The number of aliphatic hydroxyl groups excluding tert-OH is 1. The van der Waals surface area contributed by atoms with Gasteiger partial charge < -0.3 is 30.2 Å². The lowest BCUT2D eigenvalue weighted by atomic mass is 9.98. The van der Waals surface area contributed by atoms with Crippen LogP contribution < -0.4 is 5.32 Å². The van der Waals surface area contributed by atoms with Gasteiger partial charge in [-0.15, -0.1) is 11.3 Å². The standard InChI is InChI=1S/C35H46N6O7S2/c1-24(2)33(41-16-15-39(35(41)44)20-28-23-49-25(3)37-28)34(43)38-31(18-26-8-5-4-6-9-26)32(42)22-40(21-29-10-7-17-48-29)50(46,47)30-13-11-27(12-14-30)19-36-45/h4-6,8-9,11-14,19,23-24,29,31-33,42,45H,7,10,15-18,20-22H2,1-3H3,(H,38,43)/t29?,31-,32+,33-/m0/s1. The quantitative estimate of drug-likeness (QED) is 0.115. The van der Waals surface area contributed by atoms with Crippen molar-refractivity contribution in [2.45, 2.75) is 75.8 Å². The molecule has 1 aromatic heterocycles. The molecule has 13 nitrogen and oxygen atoms in total. The van der Waals surface area contributed by atoms with E-state index in [-0.39, 0.29) is 42.5 Å². The van der Waals surface area contributed by atoms with Gasteiger partial charge in [-0.3, -0.25) is 4.79 Å². The topological polar surface area (TPSA) is 165 Å². The SMILES string of the molecule is Cc1nc(CN2CCN([C@H](C(=O)N[C@@H](Cc3ccccc3)[C@H](O)CN(CC3CCCO3)S(=O)(=O)c3ccc(C=NO)cc3)C(C)C)C2=O)cs1. The molecular formula is C35H46N6O7S2. The highest BCUT2D eigenvalue weighted by Gasteiger charge is 2.41. The van der Waals surface area contributed by atoms with E-state index in [2.05, 4.69) is 15.5 Å². The van der Waals surface area contributed by atoms with Gasteiger partial charge in [-0.1, -0.05) is 61.5 Å². The maximum atomic E-state index is 14.1. The molecule has 15 heteroatoms. The zero-order chi connectivity index (χ0) is 35.8. The Hall–Kier alpha value is -3.89. The van der Waals surface area contributed by atoms with Crippen LogP contribution in [0.3, 0.4) is 0 Å². The van der Waals surface area contributed by atoms with Crippen molar-refractivity contribution in [2.75, 3.05) is 32.8 Å². The molecule has 4 atom stereocenters. The number of carbonyl (C=O) groups excluding carboxylic acids is 2. The van der Waals surface area contributed by atoms with Crippen LogP contribution in [0.2, 0.25) is 0 Å².